The van der Waals surface area contributed by atoms with Crippen molar-refractivity contribution < 1.29 is 9.53 Å². The number of allylic oxidation sites excluding steroid dienone is 1. The quantitative estimate of drug-likeness (QED) is 0.516. The summed E-state index contributed by atoms with van der Waals surface area (Å²) in [7, 11) is 0. The molecule has 1 saturated heterocycles. The average Bonchev–Trinajstić information content (AvgIpc) is 2.75. The summed E-state index contributed by atoms with van der Waals surface area (Å²) in [6.45, 7) is 8.26. The van der Waals surface area contributed by atoms with E-state index < -0.39 is 5.60 Å². The Bertz CT molecular complexity index is 329. The molecular weight excluding hydrogens is 188 g/mol. The van der Waals surface area contributed by atoms with Gasteiger partial charge < -0.3 is 4.74 Å². The fraction of sp³-hybridized carbons (Fsp3) is 0.769. The predicted molar refractivity (Wildman–Crippen MR) is 59.7 cm³/mol. The first-order valence-electron chi connectivity index (χ1n) is 5.77. The average molecular weight is 208 g/mol. The van der Waals surface area contributed by atoms with Crippen LogP contribution in [0, 0.1) is 5.41 Å². The van der Waals surface area contributed by atoms with E-state index in [2.05, 4.69) is 20.8 Å². The maximum atomic E-state index is 12.2. The van der Waals surface area contributed by atoms with E-state index in [9.17, 15) is 4.79 Å². The summed E-state index contributed by atoms with van der Waals surface area (Å²) in [6.07, 6.45) is 6.72. The van der Waals surface area contributed by atoms with E-state index in [1.807, 2.05) is 13.0 Å². The molecular formula is C13H20O2. The molecule has 0 aromatic carbocycles. The van der Waals surface area contributed by atoms with Crippen LogP contribution in [0.2, 0.25) is 0 Å². The van der Waals surface area contributed by atoms with Gasteiger partial charge in [0.2, 0.25) is 0 Å². The molecule has 2 rings (SSSR count). The van der Waals surface area contributed by atoms with Crippen molar-refractivity contribution in [3.8, 4) is 0 Å². The maximum absolute atomic E-state index is 12.2. The third kappa shape index (κ3) is 1.17. The maximum Gasteiger partial charge on any atom is 0.190 e. The second-order valence-corrected chi connectivity index (χ2v) is 5.62. The Balaban J connectivity index is 2.37. The molecule has 0 aromatic rings. The van der Waals surface area contributed by atoms with Crippen molar-refractivity contribution in [2.24, 2.45) is 5.41 Å². The minimum Gasteiger partial charge on any atom is -0.354 e. The molecule has 2 atom stereocenters. The molecule has 2 fully saturated rings. The van der Waals surface area contributed by atoms with Gasteiger partial charge in [0.1, 0.15) is 5.60 Å². The number of hydrogen-bond acceptors (Lipinski definition) is 2. The van der Waals surface area contributed by atoms with Crippen LogP contribution in [0.1, 0.15) is 47.0 Å². The van der Waals surface area contributed by atoms with Gasteiger partial charge in [-0.2, -0.15) is 0 Å². The van der Waals surface area contributed by atoms with Crippen LogP contribution < -0.4 is 0 Å². The molecule has 0 bridgehead atoms. The van der Waals surface area contributed by atoms with Crippen molar-refractivity contribution in [2.75, 3.05) is 0 Å². The SMILES string of the molecule is C/C=C/C(=O)[C@]12O[C@@]1(C)CCCC2(C)C. The van der Waals surface area contributed by atoms with E-state index in [-0.39, 0.29) is 16.8 Å². The molecule has 0 radical (unpaired) electrons. The molecule has 2 heteroatoms. The van der Waals surface area contributed by atoms with Crippen LogP contribution in [0.15, 0.2) is 12.2 Å². The van der Waals surface area contributed by atoms with Crippen molar-refractivity contribution in [1.82, 2.24) is 0 Å². The third-order valence-corrected chi connectivity index (χ3v) is 4.16. The van der Waals surface area contributed by atoms with E-state index in [1.54, 1.807) is 6.08 Å². The van der Waals surface area contributed by atoms with E-state index in [1.165, 1.54) is 0 Å². The molecule has 0 N–H and O–H groups in total. The van der Waals surface area contributed by atoms with Crippen molar-refractivity contribution in [3.05, 3.63) is 12.2 Å². The first-order valence-corrected chi connectivity index (χ1v) is 5.77. The van der Waals surface area contributed by atoms with E-state index in [4.69, 9.17) is 4.74 Å². The number of epoxide rings is 1. The molecule has 1 aliphatic heterocycles. The number of ketones is 1. The van der Waals surface area contributed by atoms with Crippen molar-refractivity contribution in [1.29, 1.82) is 0 Å². The minimum absolute atomic E-state index is 0.0312. The third-order valence-electron chi connectivity index (χ3n) is 4.16. The second kappa shape index (κ2) is 2.94. The summed E-state index contributed by atoms with van der Waals surface area (Å²) in [5.41, 5.74) is -0.771. The normalized spacial score (nSPS) is 42.7. The molecule has 1 saturated carbocycles. The second-order valence-electron chi connectivity index (χ2n) is 5.62. The molecule has 0 unspecified atom stereocenters. The summed E-state index contributed by atoms with van der Waals surface area (Å²) < 4.78 is 5.88. The number of hydrogen-bond donors (Lipinski definition) is 0. The molecule has 1 aliphatic carbocycles. The molecule has 1 heterocycles. The fourth-order valence-electron chi connectivity index (χ4n) is 3.35. The summed E-state index contributed by atoms with van der Waals surface area (Å²) in [6, 6.07) is 0. The highest BCUT2D eigenvalue weighted by atomic mass is 16.6. The van der Waals surface area contributed by atoms with E-state index >= 15 is 0 Å². The van der Waals surface area contributed by atoms with E-state index in [0.717, 1.165) is 19.3 Å². The zero-order valence-corrected chi connectivity index (χ0v) is 10.1. The number of rotatable bonds is 2. The number of carbonyl (C=O) groups excluding carboxylic acids is 1. The van der Waals surface area contributed by atoms with Gasteiger partial charge in [-0.3, -0.25) is 4.79 Å². The number of fused-ring (bicyclic) bond motifs is 1. The molecule has 0 spiro atoms. The van der Waals surface area contributed by atoms with Gasteiger partial charge in [0, 0.05) is 5.41 Å². The van der Waals surface area contributed by atoms with Gasteiger partial charge in [0.05, 0.1) is 0 Å². The minimum atomic E-state index is -0.537. The monoisotopic (exact) mass is 208 g/mol. The van der Waals surface area contributed by atoms with Crippen LogP contribution in [0.3, 0.4) is 0 Å². The highest BCUT2D eigenvalue weighted by Crippen LogP contribution is 2.65. The first kappa shape index (κ1) is 10.9. The zero-order valence-electron chi connectivity index (χ0n) is 10.1. The lowest BCUT2D eigenvalue weighted by Gasteiger charge is -2.36. The summed E-state index contributed by atoms with van der Waals surface area (Å²) in [5, 5.41) is 0. The zero-order chi connectivity index (χ0) is 11.3. The highest BCUT2D eigenvalue weighted by molar-refractivity contribution is 6.01. The summed E-state index contributed by atoms with van der Waals surface area (Å²) >= 11 is 0. The Hall–Kier alpha value is -0.630. The Morgan fingerprint density at radius 3 is 2.47 bits per heavy atom. The van der Waals surface area contributed by atoms with Gasteiger partial charge in [-0.25, -0.2) is 0 Å². The fourth-order valence-corrected chi connectivity index (χ4v) is 3.35. The molecule has 2 aliphatic rings. The van der Waals surface area contributed by atoms with Crippen LogP contribution in [-0.2, 0) is 9.53 Å². The summed E-state index contributed by atoms with van der Waals surface area (Å²) in [5.74, 6) is 0.150. The van der Waals surface area contributed by atoms with Crippen LogP contribution in [0.5, 0.6) is 0 Å². The van der Waals surface area contributed by atoms with Gasteiger partial charge in [0.25, 0.3) is 0 Å². The molecule has 0 amide bonds. The Morgan fingerprint density at radius 2 is 1.93 bits per heavy atom. The standard InChI is InChI=1S/C13H20O2/c1-5-7-10(14)13-11(2,3)8-6-9-12(13,4)15-13/h5,7H,6,8-9H2,1-4H3/b7-5+/t12-,13+/m0/s1. The van der Waals surface area contributed by atoms with Crippen LogP contribution in [0.4, 0.5) is 0 Å². The van der Waals surface area contributed by atoms with Gasteiger partial charge in [-0.15, -0.1) is 0 Å². The first-order chi connectivity index (χ1) is 6.90. The molecule has 2 nitrogen and oxygen atoms in total. The number of carbonyl (C=O) groups is 1. The van der Waals surface area contributed by atoms with Crippen molar-refractivity contribution in [3.63, 3.8) is 0 Å². The Morgan fingerprint density at radius 1 is 1.27 bits per heavy atom. The Kier molecular flexibility index (Phi) is 2.13. The lowest BCUT2D eigenvalue weighted by Crippen LogP contribution is -2.47. The van der Waals surface area contributed by atoms with Gasteiger partial charge in [-0.05, 0) is 39.2 Å². The highest BCUT2D eigenvalue weighted by Gasteiger charge is 2.77. The topological polar surface area (TPSA) is 29.6 Å². The van der Waals surface area contributed by atoms with Gasteiger partial charge >= 0.3 is 0 Å². The van der Waals surface area contributed by atoms with E-state index in [0.29, 0.717) is 0 Å². The molecule has 0 aromatic heterocycles. The Labute approximate surface area is 91.7 Å². The van der Waals surface area contributed by atoms with Crippen molar-refractivity contribution in [2.45, 2.75) is 58.2 Å². The predicted octanol–water partition coefficient (Wildman–Crippen LogP) is 2.87. The van der Waals surface area contributed by atoms with Gasteiger partial charge in [0.15, 0.2) is 11.4 Å². The van der Waals surface area contributed by atoms with Crippen LogP contribution in [0.25, 0.3) is 0 Å². The molecule has 84 valence electrons. The van der Waals surface area contributed by atoms with Crippen LogP contribution in [-0.4, -0.2) is 17.0 Å². The number of ether oxygens (including phenoxy) is 1. The van der Waals surface area contributed by atoms with Gasteiger partial charge in [-0.1, -0.05) is 19.9 Å². The van der Waals surface area contributed by atoms with Crippen molar-refractivity contribution >= 4 is 5.78 Å². The smallest absolute Gasteiger partial charge is 0.190 e. The molecule has 15 heavy (non-hydrogen) atoms. The lowest BCUT2D eigenvalue weighted by atomic mass is 9.62. The largest absolute Gasteiger partial charge is 0.354 e. The summed E-state index contributed by atoms with van der Waals surface area (Å²) in [4.78, 5) is 12.2. The van der Waals surface area contributed by atoms with Crippen LogP contribution >= 0.6 is 0 Å². The lowest BCUT2D eigenvalue weighted by molar-refractivity contribution is -0.124.